The summed E-state index contributed by atoms with van der Waals surface area (Å²) >= 11 is 0. The van der Waals surface area contributed by atoms with Crippen molar-refractivity contribution in [2.24, 2.45) is 0 Å². The summed E-state index contributed by atoms with van der Waals surface area (Å²) in [5.41, 5.74) is 5.19. The number of rotatable bonds is 6. The van der Waals surface area contributed by atoms with Gasteiger partial charge in [0.05, 0.1) is 5.57 Å². The van der Waals surface area contributed by atoms with Crippen LogP contribution in [0.25, 0.3) is 5.57 Å². The predicted octanol–water partition coefficient (Wildman–Crippen LogP) is 4.88. The average Bonchev–Trinajstić information content (AvgIpc) is 3.00. The molecule has 5 heteroatoms. The third-order valence-corrected chi connectivity index (χ3v) is 5.54. The summed E-state index contributed by atoms with van der Waals surface area (Å²) in [6, 6.07) is 21.1. The molecule has 2 amide bonds. The second kappa shape index (κ2) is 8.56. The first-order valence-electron chi connectivity index (χ1n) is 10.2. The topological polar surface area (TPSA) is 49.4 Å². The van der Waals surface area contributed by atoms with E-state index in [0.717, 1.165) is 22.4 Å². The fraction of sp³-hybridized carbons (Fsp3) is 0.154. The standard InChI is InChI=1S/C26H23FN2O2/c1-17-8-13-22(16-18(17)2)28-24-23(20-6-4-3-5-7-20)25(30)29(26(24)31)15-14-19-9-11-21(27)12-10-19/h3-13,16,28H,14-15H2,1-2H3. The molecule has 0 fully saturated rings. The fourth-order valence-electron chi connectivity index (χ4n) is 3.62. The number of carbonyl (C=O) groups is 2. The van der Waals surface area contributed by atoms with Crippen molar-refractivity contribution in [3.05, 3.63) is 107 Å². The average molecular weight is 414 g/mol. The molecule has 4 rings (SSSR count). The first-order chi connectivity index (χ1) is 14.9. The number of hydrogen-bond acceptors (Lipinski definition) is 3. The van der Waals surface area contributed by atoms with E-state index in [2.05, 4.69) is 5.32 Å². The largest absolute Gasteiger partial charge is 0.350 e. The van der Waals surface area contributed by atoms with Crippen LogP contribution in [-0.4, -0.2) is 23.3 Å². The van der Waals surface area contributed by atoms with Gasteiger partial charge in [-0.1, -0.05) is 48.5 Å². The molecule has 0 aliphatic carbocycles. The molecule has 31 heavy (non-hydrogen) atoms. The quantitative estimate of drug-likeness (QED) is 0.585. The lowest BCUT2D eigenvalue weighted by Crippen LogP contribution is -2.34. The number of nitrogens with one attached hydrogen (secondary N) is 1. The van der Waals surface area contributed by atoms with Crippen molar-refractivity contribution in [2.75, 3.05) is 11.9 Å². The normalized spacial score (nSPS) is 13.8. The molecule has 3 aromatic carbocycles. The molecule has 1 N–H and O–H groups in total. The SMILES string of the molecule is Cc1ccc(NC2=C(c3ccccc3)C(=O)N(CCc3ccc(F)cc3)C2=O)cc1C. The molecule has 156 valence electrons. The number of anilines is 1. The summed E-state index contributed by atoms with van der Waals surface area (Å²) in [5.74, 6) is -1.00. The van der Waals surface area contributed by atoms with E-state index >= 15 is 0 Å². The third kappa shape index (κ3) is 4.26. The minimum Gasteiger partial charge on any atom is -0.350 e. The van der Waals surface area contributed by atoms with Crippen LogP contribution in [0, 0.1) is 19.7 Å². The van der Waals surface area contributed by atoms with Crippen LogP contribution in [0.15, 0.2) is 78.5 Å². The van der Waals surface area contributed by atoms with Crippen LogP contribution in [0.1, 0.15) is 22.3 Å². The number of imide groups is 1. The summed E-state index contributed by atoms with van der Waals surface area (Å²) in [6.07, 6.45) is 0.455. The number of halogens is 1. The molecule has 0 atom stereocenters. The Balaban J connectivity index is 1.65. The summed E-state index contributed by atoms with van der Waals surface area (Å²) < 4.78 is 13.2. The second-order valence-electron chi connectivity index (χ2n) is 7.68. The van der Waals surface area contributed by atoms with Crippen LogP contribution in [0.2, 0.25) is 0 Å². The Morgan fingerprint density at radius 1 is 0.839 bits per heavy atom. The van der Waals surface area contributed by atoms with E-state index in [4.69, 9.17) is 0 Å². The maximum atomic E-state index is 13.3. The zero-order chi connectivity index (χ0) is 22.0. The lowest BCUT2D eigenvalue weighted by atomic mass is 10.0. The first-order valence-corrected chi connectivity index (χ1v) is 10.2. The lowest BCUT2D eigenvalue weighted by molar-refractivity contribution is -0.136. The number of benzene rings is 3. The van der Waals surface area contributed by atoms with Gasteiger partial charge in [0.2, 0.25) is 0 Å². The molecule has 0 saturated carbocycles. The van der Waals surface area contributed by atoms with Gasteiger partial charge in [-0.25, -0.2) is 4.39 Å². The van der Waals surface area contributed by atoms with Crippen LogP contribution < -0.4 is 5.32 Å². The van der Waals surface area contributed by atoms with Crippen LogP contribution in [0.4, 0.5) is 10.1 Å². The van der Waals surface area contributed by atoms with Crippen molar-refractivity contribution < 1.29 is 14.0 Å². The highest BCUT2D eigenvalue weighted by Crippen LogP contribution is 2.31. The fourth-order valence-corrected chi connectivity index (χ4v) is 3.62. The molecule has 4 nitrogen and oxygen atoms in total. The summed E-state index contributed by atoms with van der Waals surface area (Å²) in [5, 5.41) is 3.19. The van der Waals surface area contributed by atoms with Gasteiger partial charge >= 0.3 is 0 Å². The van der Waals surface area contributed by atoms with E-state index < -0.39 is 0 Å². The molecule has 0 aromatic heterocycles. The minimum absolute atomic E-state index is 0.220. The minimum atomic E-state index is -0.357. The van der Waals surface area contributed by atoms with Crippen LogP contribution in [0.5, 0.6) is 0 Å². The van der Waals surface area contributed by atoms with Gasteiger partial charge < -0.3 is 5.32 Å². The molecule has 1 aliphatic heterocycles. The number of amides is 2. The summed E-state index contributed by atoms with van der Waals surface area (Å²) in [4.78, 5) is 27.8. The Morgan fingerprint density at radius 3 is 2.23 bits per heavy atom. The zero-order valence-electron chi connectivity index (χ0n) is 17.5. The Hall–Kier alpha value is -3.73. The number of carbonyl (C=O) groups excluding carboxylic acids is 2. The molecule has 0 radical (unpaired) electrons. The molecular weight excluding hydrogens is 391 g/mol. The second-order valence-corrected chi connectivity index (χ2v) is 7.68. The molecule has 3 aromatic rings. The molecular formula is C26H23FN2O2. The lowest BCUT2D eigenvalue weighted by Gasteiger charge is -2.15. The first kappa shape index (κ1) is 20.5. The Labute approximate surface area is 181 Å². The maximum absolute atomic E-state index is 13.3. The molecule has 1 aliphatic rings. The van der Waals surface area contributed by atoms with Gasteiger partial charge in [-0.2, -0.15) is 0 Å². The Kier molecular flexibility index (Phi) is 5.67. The maximum Gasteiger partial charge on any atom is 0.278 e. The molecule has 0 saturated heterocycles. The van der Waals surface area contributed by atoms with E-state index in [0.29, 0.717) is 17.6 Å². The molecule has 1 heterocycles. The van der Waals surface area contributed by atoms with Crippen molar-refractivity contribution in [3.63, 3.8) is 0 Å². The highest BCUT2D eigenvalue weighted by molar-refractivity contribution is 6.36. The Bertz CT molecular complexity index is 1170. The van der Waals surface area contributed by atoms with Crippen LogP contribution in [-0.2, 0) is 16.0 Å². The van der Waals surface area contributed by atoms with Crippen molar-refractivity contribution in [2.45, 2.75) is 20.3 Å². The molecule has 0 unspecified atom stereocenters. The van der Waals surface area contributed by atoms with Crippen LogP contribution in [0.3, 0.4) is 0 Å². The number of aryl methyl sites for hydroxylation is 2. The number of hydrogen-bond donors (Lipinski definition) is 1. The van der Waals surface area contributed by atoms with Gasteiger partial charge in [-0.15, -0.1) is 0 Å². The summed E-state index contributed by atoms with van der Waals surface area (Å²) in [7, 11) is 0. The third-order valence-electron chi connectivity index (χ3n) is 5.54. The smallest absolute Gasteiger partial charge is 0.278 e. The number of nitrogens with zero attached hydrogens (tertiary/aromatic N) is 1. The highest BCUT2D eigenvalue weighted by atomic mass is 19.1. The zero-order valence-corrected chi connectivity index (χ0v) is 17.5. The van der Waals surface area contributed by atoms with Crippen molar-refractivity contribution >= 4 is 23.1 Å². The predicted molar refractivity (Wildman–Crippen MR) is 120 cm³/mol. The van der Waals surface area contributed by atoms with E-state index in [-0.39, 0.29) is 29.9 Å². The van der Waals surface area contributed by atoms with Gasteiger partial charge in [0.1, 0.15) is 11.5 Å². The highest BCUT2D eigenvalue weighted by Gasteiger charge is 2.38. The van der Waals surface area contributed by atoms with Gasteiger partial charge in [-0.3, -0.25) is 14.5 Å². The molecule has 0 spiro atoms. The molecule has 0 bridgehead atoms. The van der Waals surface area contributed by atoms with Crippen molar-refractivity contribution in [1.29, 1.82) is 0 Å². The van der Waals surface area contributed by atoms with Gasteiger partial charge in [0.25, 0.3) is 11.8 Å². The van der Waals surface area contributed by atoms with E-state index in [1.807, 2.05) is 62.4 Å². The van der Waals surface area contributed by atoms with E-state index in [9.17, 15) is 14.0 Å². The van der Waals surface area contributed by atoms with Gasteiger partial charge in [0.15, 0.2) is 0 Å². The van der Waals surface area contributed by atoms with Gasteiger partial charge in [-0.05, 0) is 66.8 Å². The Morgan fingerprint density at radius 2 is 1.55 bits per heavy atom. The van der Waals surface area contributed by atoms with Crippen LogP contribution >= 0.6 is 0 Å². The van der Waals surface area contributed by atoms with E-state index in [1.165, 1.54) is 17.0 Å². The van der Waals surface area contributed by atoms with Crippen molar-refractivity contribution in [3.8, 4) is 0 Å². The van der Waals surface area contributed by atoms with Crippen molar-refractivity contribution in [1.82, 2.24) is 4.90 Å². The summed E-state index contributed by atoms with van der Waals surface area (Å²) in [6.45, 7) is 4.25. The van der Waals surface area contributed by atoms with Gasteiger partial charge in [0, 0.05) is 12.2 Å². The monoisotopic (exact) mass is 414 g/mol. The van der Waals surface area contributed by atoms with E-state index in [1.54, 1.807) is 12.1 Å².